The van der Waals surface area contributed by atoms with Gasteiger partial charge in [0.1, 0.15) is 6.33 Å². The number of aromatic nitrogens is 2. The van der Waals surface area contributed by atoms with Gasteiger partial charge in [0, 0.05) is 13.1 Å². The number of nitro groups is 1. The van der Waals surface area contributed by atoms with Gasteiger partial charge >= 0.3 is 5.69 Å². The maximum Gasteiger partial charge on any atom is 0.353 e. The van der Waals surface area contributed by atoms with Crippen LogP contribution in [0.1, 0.15) is 6.92 Å². The zero-order chi connectivity index (χ0) is 15.2. The number of rotatable bonds is 8. The van der Waals surface area contributed by atoms with E-state index < -0.39 is 14.9 Å². The summed E-state index contributed by atoms with van der Waals surface area (Å²) in [4.78, 5) is 18.0. The van der Waals surface area contributed by atoms with Gasteiger partial charge in [-0.3, -0.25) is 10.1 Å². The molecule has 0 saturated heterocycles. The highest BCUT2D eigenvalue weighted by molar-refractivity contribution is 7.89. The molecule has 0 aromatic carbocycles. The van der Waals surface area contributed by atoms with E-state index in [2.05, 4.69) is 25.3 Å². The monoisotopic (exact) mass is 304 g/mol. The summed E-state index contributed by atoms with van der Waals surface area (Å²) in [5.41, 5.74) is -0.309. The van der Waals surface area contributed by atoms with Crippen molar-refractivity contribution in [1.29, 1.82) is 0 Å². The molecule has 3 N–H and O–H groups in total. The van der Waals surface area contributed by atoms with Crippen LogP contribution in [0.5, 0.6) is 0 Å². The minimum absolute atomic E-state index is 0.00735. The molecule has 1 rings (SSSR count). The van der Waals surface area contributed by atoms with Crippen LogP contribution < -0.4 is 15.4 Å². The highest BCUT2D eigenvalue weighted by Gasteiger charge is 2.22. The maximum atomic E-state index is 11.2. The third-order valence-corrected chi connectivity index (χ3v) is 3.69. The molecule has 0 unspecified atom stereocenters. The van der Waals surface area contributed by atoms with Crippen LogP contribution in [0.2, 0.25) is 0 Å². The quantitative estimate of drug-likeness (QED) is 0.442. The van der Waals surface area contributed by atoms with Crippen molar-refractivity contribution >= 4 is 27.3 Å². The summed E-state index contributed by atoms with van der Waals surface area (Å²) in [5.74, 6) is -0.153. The molecule has 1 aromatic heterocycles. The Morgan fingerprint density at radius 2 is 1.90 bits per heavy atom. The van der Waals surface area contributed by atoms with Crippen molar-refractivity contribution in [3.63, 3.8) is 0 Å². The number of sulfonamides is 1. The Balaban J connectivity index is 2.89. The highest BCUT2D eigenvalue weighted by Crippen LogP contribution is 2.28. The summed E-state index contributed by atoms with van der Waals surface area (Å²) >= 11 is 0. The lowest BCUT2D eigenvalue weighted by Gasteiger charge is -2.09. The SMILES string of the molecule is CCNc1ncnc(NCCS(=O)(=O)NC)c1[N+](=O)[O-]. The fraction of sp³-hybridized carbons (Fsp3) is 0.556. The van der Waals surface area contributed by atoms with Crippen LogP contribution in [0, 0.1) is 10.1 Å². The lowest BCUT2D eigenvalue weighted by molar-refractivity contribution is -0.383. The summed E-state index contributed by atoms with van der Waals surface area (Å²) in [5, 5.41) is 16.4. The number of hydrogen-bond donors (Lipinski definition) is 3. The van der Waals surface area contributed by atoms with Gasteiger partial charge in [0.25, 0.3) is 0 Å². The minimum atomic E-state index is -3.38. The molecule has 0 spiro atoms. The van der Waals surface area contributed by atoms with Gasteiger partial charge in [-0.1, -0.05) is 0 Å². The molecule has 1 heterocycles. The second kappa shape index (κ2) is 6.96. The first-order valence-corrected chi connectivity index (χ1v) is 7.44. The van der Waals surface area contributed by atoms with Crippen LogP contribution >= 0.6 is 0 Å². The number of nitrogens with zero attached hydrogens (tertiary/aromatic N) is 3. The zero-order valence-corrected chi connectivity index (χ0v) is 11.9. The first-order valence-electron chi connectivity index (χ1n) is 5.79. The van der Waals surface area contributed by atoms with Crippen molar-refractivity contribution in [2.24, 2.45) is 0 Å². The smallest absolute Gasteiger partial charge is 0.353 e. The van der Waals surface area contributed by atoms with Crippen LogP contribution in [0.4, 0.5) is 17.3 Å². The molecule has 0 fully saturated rings. The fourth-order valence-corrected chi connectivity index (χ4v) is 1.96. The second-order valence-electron chi connectivity index (χ2n) is 3.66. The first kappa shape index (κ1) is 16.0. The van der Waals surface area contributed by atoms with Crippen molar-refractivity contribution in [3.05, 3.63) is 16.4 Å². The van der Waals surface area contributed by atoms with Crippen LogP contribution in [-0.2, 0) is 10.0 Å². The van der Waals surface area contributed by atoms with Gasteiger partial charge in [0.05, 0.1) is 10.7 Å². The molecular formula is C9H16N6O4S. The molecule has 10 nitrogen and oxygen atoms in total. The van der Waals surface area contributed by atoms with Crippen LogP contribution in [-0.4, -0.2) is 49.2 Å². The summed E-state index contributed by atoms with van der Waals surface area (Å²) in [6, 6.07) is 0. The van der Waals surface area contributed by atoms with Gasteiger partial charge in [-0.15, -0.1) is 0 Å². The molecule has 0 radical (unpaired) electrons. The minimum Gasteiger partial charge on any atom is -0.364 e. The Hall–Kier alpha value is -2.01. The Morgan fingerprint density at radius 1 is 1.30 bits per heavy atom. The molecule has 0 aliphatic carbocycles. The molecular weight excluding hydrogens is 288 g/mol. The molecule has 1 aromatic rings. The average molecular weight is 304 g/mol. The molecule has 0 amide bonds. The topological polar surface area (TPSA) is 139 Å². The number of hydrogen-bond acceptors (Lipinski definition) is 8. The largest absolute Gasteiger partial charge is 0.364 e. The summed E-state index contributed by atoms with van der Waals surface area (Å²) in [7, 11) is -2.09. The van der Waals surface area contributed by atoms with Crippen molar-refractivity contribution in [2.75, 3.05) is 36.5 Å². The number of nitrogens with one attached hydrogen (secondary N) is 3. The van der Waals surface area contributed by atoms with Gasteiger partial charge in [-0.25, -0.2) is 23.1 Å². The van der Waals surface area contributed by atoms with E-state index in [-0.39, 0.29) is 29.6 Å². The van der Waals surface area contributed by atoms with Gasteiger partial charge in [0.15, 0.2) is 0 Å². The van der Waals surface area contributed by atoms with Gasteiger partial charge in [0.2, 0.25) is 21.7 Å². The van der Waals surface area contributed by atoms with Crippen molar-refractivity contribution in [3.8, 4) is 0 Å². The summed E-state index contributed by atoms with van der Waals surface area (Å²) in [6.07, 6.45) is 1.17. The van der Waals surface area contributed by atoms with E-state index in [4.69, 9.17) is 0 Å². The van der Waals surface area contributed by atoms with Crippen LogP contribution in [0.15, 0.2) is 6.33 Å². The molecule has 0 aliphatic rings. The Bertz CT molecular complexity index is 576. The number of anilines is 2. The van der Waals surface area contributed by atoms with Gasteiger partial charge in [-0.05, 0) is 14.0 Å². The lowest BCUT2D eigenvalue weighted by Crippen LogP contribution is -2.26. The second-order valence-corrected chi connectivity index (χ2v) is 5.70. The lowest BCUT2D eigenvalue weighted by atomic mass is 10.4. The van der Waals surface area contributed by atoms with Crippen molar-refractivity contribution < 1.29 is 13.3 Å². The third kappa shape index (κ3) is 4.28. The average Bonchev–Trinajstić information content (AvgIpc) is 2.39. The van der Waals surface area contributed by atoms with E-state index >= 15 is 0 Å². The molecule has 20 heavy (non-hydrogen) atoms. The van der Waals surface area contributed by atoms with Crippen molar-refractivity contribution in [1.82, 2.24) is 14.7 Å². The molecule has 0 saturated carbocycles. The Morgan fingerprint density at radius 3 is 2.40 bits per heavy atom. The van der Waals surface area contributed by atoms with E-state index in [1.54, 1.807) is 6.92 Å². The molecule has 0 bridgehead atoms. The fourth-order valence-electron chi connectivity index (χ4n) is 1.38. The first-order chi connectivity index (χ1) is 9.41. The van der Waals surface area contributed by atoms with Crippen LogP contribution in [0.3, 0.4) is 0 Å². The normalized spacial score (nSPS) is 11.1. The predicted molar refractivity (Wildman–Crippen MR) is 74.2 cm³/mol. The van der Waals surface area contributed by atoms with Crippen molar-refractivity contribution in [2.45, 2.75) is 6.92 Å². The Labute approximate surface area is 116 Å². The highest BCUT2D eigenvalue weighted by atomic mass is 32.2. The molecule has 0 aliphatic heterocycles. The molecule has 0 atom stereocenters. The van der Waals surface area contributed by atoms with E-state index in [1.165, 1.54) is 13.4 Å². The van der Waals surface area contributed by atoms with E-state index in [0.717, 1.165) is 0 Å². The zero-order valence-electron chi connectivity index (χ0n) is 11.1. The van der Waals surface area contributed by atoms with E-state index in [9.17, 15) is 18.5 Å². The summed E-state index contributed by atoms with van der Waals surface area (Å²) in [6.45, 7) is 2.23. The van der Waals surface area contributed by atoms with E-state index in [0.29, 0.717) is 6.54 Å². The predicted octanol–water partition coefficient (Wildman–Crippen LogP) is -0.222. The summed E-state index contributed by atoms with van der Waals surface area (Å²) < 4.78 is 24.6. The maximum absolute atomic E-state index is 11.2. The molecule has 11 heteroatoms. The third-order valence-electron chi connectivity index (χ3n) is 2.32. The van der Waals surface area contributed by atoms with Gasteiger partial charge < -0.3 is 10.6 Å². The standard InChI is InChI=1S/C9H16N6O4S/c1-3-11-8-7(15(16)17)9(14-6-13-8)12-4-5-20(18,19)10-2/h6,10H,3-5H2,1-2H3,(H2,11,12,13,14). The Kier molecular flexibility index (Phi) is 5.58. The van der Waals surface area contributed by atoms with Crippen LogP contribution in [0.25, 0.3) is 0 Å². The van der Waals surface area contributed by atoms with Gasteiger partial charge in [-0.2, -0.15) is 0 Å². The molecule has 112 valence electrons. The van der Waals surface area contributed by atoms with E-state index in [1.807, 2.05) is 0 Å².